The van der Waals surface area contributed by atoms with E-state index in [0.29, 0.717) is 13.2 Å². The Hall–Kier alpha value is -0.240. The van der Waals surface area contributed by atoms with Gasteiger partial charge in [0.05, 0.1) is 19.3 Å². The van der Waals surface area contributed by atoms with E-state index in [1.165, 1.54) is 0 Å². The summed E-state index contributed by atoms with van der Waals surface area (Å²) in [6, 6.07) is 0. The third-order valence-electron chi connectivity index (χ3n) is 3.57. The van der Waals surface area contributed by atoms with Crippen LogP contribution >= 0.6 is 0 Å². The van der Waals surface area contributed by atoms with Crippen molar-refractivity contribution in [2.75, 3.05) is 13.2 Å². The van der Waals surface area contributed by atoms with Gasteiger partial charge in [0.1, 0.15) is 24.4 Å². The molecule has 1 N–H and O–H groups in total. The molecule has 0 spiro atoms. The smallest absolute Gasteiger partial charge is 0.163 e. The monoisotopic (exact) mass is 304 g/mol. The zero-order chi connectivity index (χ0) is 15.8. The Morgan fingerprint density at radius 3 is 1.81 bits per heavy atom. The minimum absolute atomic E-state index is 0.0349. The second-order valence-corrected chi connectivity index (χ2v) is 6.87. The van der Waals surface area contributed by atoms with Crippen LogP contribution in [0.25, 0.3) is 0 Å². The van der Waals surface area contributed by atoms with Crippen LogP contribution in [0.1, 0.15) is 41.5 Å². The highest BCUT2D eigenvalue weighted by molar-refractivity contribution is 4.90. The SMILES string of the molecule is CC(C)OC(C1COC(C)(C)O1)C(O)C1COC(C)(C)O1. The molecule has 0 aromatic heterocycles. The summed E-state index contributed by atoms with van der Waals surface area (Å²) in [5.74, 6) is -1.34. The van der Waals surface area contributed by atoms with Crippen molar-refractivity contribution < 1.29 is 28.8 Å². The average Bonchev–Trinajstić information content (AvgIpc) is 2.87. The molecule has 0 aliphatic carbocycles. The molecule has 6 heteroatoms. The maximum absolute atomic E-state index is 10.7. The molecule has 4 atom stereocenters. The number of ether oxygens (including phenoxy) is 5. The second-order valence-electron chi connectivity index (χ2n) is 6.87. The quantitative estimate of drug-likeness (QED) is 0.829. The van der Waals surface area contributed by atoms with Crippen molar-refractivity contribution in [1.82, 2.24) is 0 Å². The molecule has 6 nitrogen and oxygen atoms in total. The van der Waals surface area contributed by atoms with Gasteiger partial charge in [0, 0.05) is 0 Å². The topological polar surface area (TPSA) is 66.4 Å². The lowest BCUT2D eigenvalue weighted by molar-refractivity contribution is -0.199. The normalized spacial score (nSPS) is 34.3. The lowest BCUT2D eigenvalue weighted by Crippen LogP contribution is -2.49. The third kappa shape index (κ3) is 4.37. The van der Waals surface area contributed by atoms with Crippen LogP contribution in [0.2, 0.25) is 0 Å². The standard InChI is InChI=1S/C15H28O6/c1-9(2)19-13(11-8-18-15(5,6)21-11)12(16)10-7-17-14(3,4)20-10/h9-13,16H,7-8H2,1-6H3. The molecule has 2 fully saturated rings. The zero-order valence-electron chi connectivity index (χ0n) is 13.8. The van der Waals surface area contributed by atoms with Crippen LogP contribution in [-0.4, -0.2) is 60.4 Å². The fraction of sp³-hybridized carbons (Fsp3) is 1.00. The van der Waals surface area contributed by atoms with Gasteiger partial charge in [0.2, 0.25) is 0 Å². The van der Waals surface area contributed by atoms with Crippen LogP contribution in [0.4, 0.5) is 0 Å². The molecule has 2 heterocycles. The molecule has 124 valence electrons. The second kappa shape index (κ2) is 6.10. The number of aliphatic hydroxyl groups excluding tert-OH is 1. The predicted molar refractivity (Wildman–Crippen MR) is 75.8 cm³/mol. The minimum Gasteiger partial charge on any atom is -0.387 e. The molecule has 0 aromatic carbocycles. The van der Waals surface area contributed by atoms with Crippen LogP contribution in [0.15, 0.2) is 0 Å². The van der Waals surface area contributed by atoms with E-state index in [4.69, 9.17) is 23.7 Å². The number of aliphatic hydroxyl groups is 1. The van der Waals surface area contributed by atoms with E-state index in [9.17, 15) is 5.11 Å². The Balaban J connectivity index is 2.05. The fourth-order valence-electron chi connectivity index (χ4n) is 2.67. The minimum atomic E-state index is -0.836. The van der Waals surface area contributed by atoms with E-state index >= 15 is 0 Å². The molecule has 2 aliphatic heterocycles. The summed E-state index contributed by atoms with van der Waals surface area (Å²) < 4.78 is 28.6. The molecule has 2 aliphatic rings. The first-order valence-electron chi connectivity index (χ1n) is 7.57. The molecule has 0 bridgehead atoms. The van der Waals surface area contributed by atoms with E-state index < -0.39 is 29.9 Å². The molecule has 0 saturated carbocycles. The summed E-state index contributed by atoms with van der Waals surface area (Å²) in [6.45, 7) is 11.9. The summed E-state index contributed by atoms with van der Waals surface area (Å²) in [5.41, 5.74) is 0. The summed E-state index contributed by atoms with van der Waals surface area (Å²) in [7, 11) is 0. The molecular weight excluding hydrogens is 276 g/mol. The van der Waals surface area contributed by atoms with E-state index in [2.05, 4.69) is 0 Å². The van der Waals surface area contributed by atoms with Crippen molar-refractivity contribution in [3.63, 3.8) is 0 Å². The highest BCUT2D eigenvalue weighted by atomic mass is 16.8. The van der Waals surface area contributed by atoms with Crippen LogP contribution in [0.5, 0.6) is 0 Å². The molecule has 0 aromatic rings. The van der Waals surface area contributed by atoms with E-state index in [1.54, 1.807) is 0 Å². The van der Waals surface area contributed by atoms with Gasteiger partial charge < -0.3 is 28.8 Å². The fourth-order valence-corrected chi connectivity index (χ4v) is 2.67. The van der Waals surface area contributed by atoms with Crippen molar-refractivity contribution in [2.24, 2.45) is 0 Å². The van der Waals surface area contributed by atoms with Crippen molar-refractivity contribution >= 4 is 0 Å². The number of hydrogen-bond acceptors (Lipinski definition) is 6. The van der Waals surface area contributed by atoms with E-state index in [1.807, 2.05) is 41.5 Å². The van der Waals surface area contributed by atoms with E-state index in [0.717, 1.165) is 0 Å². The highest BCUT2D eigenvalue weighted by Gasteiger charge is 2.46. The van der Waals surface area contributed by atoms with Gasteiger partial charge in [-0.15, -0.1) is 0 Å². The molecule has 0 radical (unpaired) electrons. The lowest BCUT2D eigenvalue weighted by atomic mass is 10.0. The Morgan fingerprint density at radius 2 is 1.43 bits per heavy atom. The summed E-state index contributed by atoms with van der Waals surface area (Å²) in [6.07, 6.45) is -2.15. The van der Waals surface area contributed by atoms with Crippen molar-refractivity contribution in [2.45, 2.75) is 83.6 Å². The lowest BCUT2D eigenvalue weighted by Gasteiger charge is -2.32. The first-order valence-corrected chi connectivity index (χ1v) is 7.57. The summed E-state index contributed by atoms with van der Waals surface area (Å²) in [5, 5.41) is 10.7. The van der Waals surface area contributed by atoms with Crippen molar-refractivity contribution in [3.05, 3.63) is 0 Å². The average molecular weight is 304 g/mol. The van der Waals surface area contributed by atoms with Crippen LogP contribution in [0, 0.1) is 0 Å². The van der Waals surface area contributed by atoms with Crippen molar-refractivity contribution in [3.8, 4) is 0 Å². The largest absolute Gasteiger partial charge is 0.387 e. The Kier molecular flexibility index (Phi) is 4.97. The highest BCUT2D eigenvalue weighted by Crippen LogP contribution is 2.31. The van der Waals surface area contributed by atoms with Gasteiger partial charge >= 0.3 is 0 Å². The first-order chi connectivity index (χ1) is 9.60. The Labute approximate surface area is 126 Å². The van der Waals surface area contributed by atoms with Crippen LogP contribution in [0.3, 0.4) is 0 Å². The molecule has 2 rings (SSSR count). The summed E-state index contributed by atoms with van der Waals surface area (Å²) in [4.78, 5) is 0. The van der Waals surface area contributed by atoms with Gasteiger partial charge in [-0.3, -0.25) is 0 Å². The maximum Gasteiger partial charge on any atom is 0.163 e. The van der Waals surface area contributed by atoms with Gasteiger partial charge in [0.15, 0.2) is 11.6 Å². The third-order valence-corrected chi connectivity index (χ3v) is 3.57. The Morgan fingerprint density at radius 1 is 0.952 bits per heavy atom. The van der Waals surface area contributed by atoms with Gasteiger partial charge in [-0.05, 0) is 41.5 Å². The van der Waals surface area contributed by atoms with Gasteiger partial charge in [0.25, 0.3) is 0 Å². The van der Waals surface area contributed by atoms with Gasteiger partial charge in [-0.1, -0.05) is 0 Å². The molecule has 21 heavy (non-hydrogen) atoms. The number of hydrogen-bond donors (Lipinski definition) is 1. The molecule has 4 unspecified atom stereocenters. The molecule has 0 amide bonds. The first kappa shape index (κ1) is 17.1. The Bertz CT molecular complexity index is 354. The van der Waals surface area contributed by atoms with Crippen molar-refractivity contribution in [1.29, 1.82) is 0 Å². The van der Waals surface area contributed by atoms with Gasteiger partial charge in [-0.2, -0.15) is 0 Å². The van der Waals surface area contributed by atoms with E-state index in [-0.39, 0.29) is 12.2 Å². The summed E-state index contributed by atoms with van der Waals surface area (Å²) >= 11 is 0. The molecular formula is C15H28O6. The molecule has 2 saturated heterocycles. The predicted octanol–water partition coefficient (Wildman–Crippen LogP) is 1.44. The maximum atomic E-state index is 10.7. The van der Waals surface area contributed by atoms with Crippen LogP contribution < -0.4 is 0 Å². The van der Waals surface area contributed by atoms with Crippen LogP contribution in [-0.2, 0) is 23.7 Å². The number of rotatable bonds is 5. The zero-order valence-corrected chi connectivity index (χ0v) is 13.8. The van der Waals surface area contributed by atoms with Gasteiger partial charge in [-0.25, -0.2) is 0 Å².